The average Bonchev–Trinajstić information content (AvgIpc) is 2.54. The average molecular weight is 297 g/mol. The zero-order chi connectivity index (χ0) is 13.0. The van der Waals surface area contributed by atoms with Crippen molar-refractivity contribution in [1.82, 2.24) is 4.98 Å². The summed E-state index contributed by atoms with van der Waals surface area (Å²) in [6, 6.07) is 1.84. The first-order valence-corrected chi connectivity index (χ1v) is 5.94. The van der Waals surface area contributed by atoms with E-state index in [0.29, 0.717) is 0 Å². The first-order chi connectivity index (χ1) is 8.01. The Morgan fingerprint density at radius 3 is 2.59 bits per heavy atom. The van der Waals surface area contributed by atoms with Crippen molar-refractivity contribution in [3.63, 3.8) is 0 Å². The normalized spacial score (nSPS) is 11.1. The Hall–Kier alpha value is -1.54. The van der Waals surface area contributed by atoms with E-state index in [4.69, 9.17) is 10.00 Å². The van der Waals surface area contributed by atoms with Crippen LogP contribution in [0.4, 0.5) is 0 Å². The number of rotatable bonds is 3. The summed E-state index contributed by atoms with van der Waals surface area (Å²) in [4.78, 5) is 14.5. The third-order valence-electron chi connectivity index (χ3n) is 2.44. The molecule has 0 saturated carbocycles. The Balaban J connectivity index is 3.12. The van der Waals surface area contributed by atoms with Crippen LogP contribution in [-0.4, -0.2) is 17.6 Å². The van der Waals surface area contributed by atoms with Gasteiger partial charge in [-0.05, 0) is 53.9 Å². The minimum atomic E-state index is -0.599. The van der Waals surface area contributed by atoms with E-state index < -0.39 is 5.97 Å². The number of hydrogen-bond donors (Lipinski definition) is 1. The number of aromatic nitrogens is 1. The molecule has 0 radical (unpaired) electrons. The summed E-state index contributed by atoms with van der Waals surface area (Å²) in [7, 11) is 0. The van der Waals surface area contributed by atoms with Crippen LogP contribution in [0, 0.1) is 25.2 Å². The van der Waals surface area contributed by atoms with Gasteiger partial charge in [0.2, 0.25) is 0 Å². The molecule has 4 nitrogen and oxygen atoms in total. The maximum absolute atomic E-state index is 11.4. The van der Waals surface area contributed by atoms with Gasteiger partial charge in [0.25, 0.3) is 0 Å². The van der Waals surface area contributed by atoms with Crippen LogP contribution in [0.25, 0.3) is 6.08 Å². The smallest absolute Gasteiger partial charge is 0.348 e. The summed E-state index contributed by atoms with van der Waals surface area (Å²) in [6.45, 7) is 5.82. The Morgan fingerprint density at radius 2 is 2.18 bits per heavy atom. The molecular weight excluding hydrogens is 284 g/mol. The molecule has 0 spiro atoms. The minimum Gasteiger partial charge on any atom is -0.462 e. The van der Waals surface area contributed by atoms with Crippen LogP contribution in [-0.2, 0) is 9.53 Å². The molecule has 0 bridgehead atoms. The molecule has 0 atom stereocenters. The summed E-state index contributed by atoms with van der Waals surface area (Å²) in [5.74, 6) is -0.599. The highest BCUT2D eigenvalue weighted by Crippen LogP contribution is 2.23. The molecule has 1 rings (SSSR count). The lowest BCUT2D eigenvalue weighted by Gasteiger charge is -1.99. The lowest BCUT2D eigenvalue weighted by Crippen LogP contribution is -2.06. The fourth-order valence-electron chi connectivity index (χ4n) is 1.31. The number of nitrogens with one attached hydrogen (secondary N) is 1. The van der Waals surface area contributed by atoms with Gasteiger partial charge < -0.3 is 9.72 Å². The van der Waals surface area contributed by atoms with E-state index in [1.54, 1.807) is 6.92 Å². The summed E-state index contributed by atoms with van der Waals surface area (Å²) >= 11 is 3.36. The first-order valence-electron chi connectivity index (χ1n) is 5.14. The van der Waals surface area contributed by atoms with Crippen LogP contribution >= 0.6 is 15.9 Å². The van der Waals surface area contributed by atoms with Crippen molar-refractivity contribution < 1.29 is 9.53 Å². The molecule has 5 heteroatoms. The van der Waals surface area contributed by atoms with Crippen LogP contribution < -0.4 is 0 Å². The van der Waals surface area contributed by atoms with Gasteiger partial charge in [-0.2, -0.15) is 5.26 Å². The molecule has 0 aliphatic heterocycles. The Kier molecular flexibility index (Phi) is 4.53. The summed E-state index contributed by atoms with van der Waals surface area (Å²) in [5.41, 5.74) is 2.77. The van der Waals surface area contributed by atoms with E-state index in [2.05, 4.69) is 20.9 Å². The lowest BCUT2D eigenvalue weighted by molar-refractivity contribution is -0.137. The molecule has 0 aromatic carbocycles. The van der Waals surface area contributed by atoms with Crippen molar-refractivity contribution in [1.29, 1.82) is 5.26 Å². The van der Waals surface area contributed by atoms with Gasteiger partial charge in [0.15, 0.2) is 0 Å². The van der Waals surface area contributed by atoms with Gasteiger partial charge >= 0.3 is 5.97 Å². The molecule has 1 N–H and O–H groups in total. The minimum absolute atomic E-state index is 0.0105. The number of nitrogens with zero attached hydrogens (tertiary/aromatic N) is 1. The molecule has 17 heavy (non-hydrogen) atoms. The SMILES string of the molecule is CCOC(=O)C(C#N)=Cc1[nH]c(Br)c(C)c1C. The van der Waals surface area contributed by atoms with Crippen LogP contribution in [0.1, 0.15) is 23.7 Å². The van der Waals surface area contributed by atoms with E-state index in [1.165, 1.54) is 6.08 Å². The topological polar surface area (TPSA) is 65.9 Å². The van der Waals surface area contributed by atoms with Crippen molar-refractivity contribution in [2.75, 3.05) is 6.61 Å². The molecule has 1 heterocycles. The summed E-state index contributed by atoms with van der Waals surface area (Å²) < 4.78 is 5.64. The molecule has 0 aliphatic rings. The van der Waals surface area contributed by atoms with E-state index in [-0.39, 0.29) is 12.2 Å². The Bertz CT molecular complexity index is 509. The van der Waals surface area contributed by atoms with Crippen LogP contribution in [0.5, 0.6) is 0 Å². The molecule has 0 fully saturated rings. The van der Waals surface area contributed by atoms with E-state index in [9.17, 15) is 4.79 Å². The molecule has 1 aromatic rings. The van der Waals surface area contributed by atoms with Crippen LogP contribution in [0.2, 0.25) is 0 Å². The monoisotopic (exact) mass is 296 g/mol. The quantitative estimate of drug-likeness (QED) is 0.530. The Morgan fingerprint density at radius 1 is 1.53 bits per heavy atom. The molecule has 0 saturated heterocycles. The number of esters is 1. The number of aromatic amines is 1. The molecule has 0 unspecified atom stereocenters. The van der Waals surface area contributed by atoms with Crippen molar-refractivity contribution in [3.05, 3.63) is 27.0 Å². The first kappa shape index (κ1) is 13.5. The maximum atomic E-state index is 11.4. The molecular formula is C12H13BrN2O2. The van der Waals surface area contributed by atoms with Gasteiger partial charge in [-0.3, -0.25) is 0 Å². The van der Waals surface area contributed by atoms with Crippen molar-refractivity contribution in [2.24, 2.45) is 0 Å². The van der Waals surface area contributed by atoms with E-state index >= 15 is 0 Å². The Labute approximate surface area is 108 Å². The predicted octanol–water partition coefficient (Wildman–Crippen LogP) is 2.86. The lowest BCUT2D eigenvalue weighted by atomic mass is 10.1. The predicted molar refractivity (Wildman–Crippen MR) is 68.2 cm³/mol. The van der Waals surface area contributed by atoms with Gasteiger partial charge in [-0.15, -0.1) is 0 Å². The van der Waals surface area contributed by atoms with E-state index in [0.717, 1.165) is 21.4 Å². The van der Waals surface area contributed by atoms with Gasteiger partial charge in [0.05, 0.1) is 11.2 Å². The second kappa shape index (κ2) is 5.69. The zero-order valence-electron chi connectivity index (χ0n) is 9.93. The fourth-order valence-corrected chi connectivity index (χ4v) is 1.82. The number of halogens is 1. The third-order valence-corrected chi connectivity index (χ3v) is 3.24. The largest absolute Gasteiger partial charge is 0.462 e. The van der Waals surface area contributed by atoms with E-state index in [1.807, 2.05) is 19.9 Å². The van der Waals surface area contributed by atoms with Gasteiger partial charge in [-0.25, -0.2) is 4.79 Å². The van der Waals surface area contributed by atoms with Crippen molar-refractivity contribution in [3.8, 4) is 6.07 Å². The van der Waals surface area contributed by atoms with Crippen molar-refractivity contribution in [2.45, 2.75) is 20.8 Å². The molecule has 90 valence electrons. The number of carbonyl (C=O) groups excluding carboxylic acids is 1. The van der Waals surface area contributed by atoms with Gasteiger partial charge in [0.1, 0.15) is 11.6 Å². The summed E-state index contributed by atoms with van der Waals surface area (Å²) in [6.07, 6.45) is 1.51. The fraction of sp³-hybridized carbons (Fsp3) is 0.333. The van der Waals surface area contributed by atoms with Crippen molar-refractivity contribution >= 4 is 28.0 Å². The number of H-pyrrole nitrogens is 1. The number of hydrogen-bond acceptors (Lipinski definition) is 3. The second-order valence-corrected chi connectivity index (χ2v) is 4.29. The standard InChI is InChI=1S/C12H13BrN2O2/c1-4-17-12(16)9(6-14)5-10-7(2)8(3)11(13)15-10/h5,15H,4H2,1-3H3. The highest BCUT2D eigenvalue weighted by Gasteiger charge is 2.13. The number of nitriles is 1. The van der Waals surface area contributed by atoms with Crippen LogP contribution in [0.3, 0.4) is 0 Å². The van der Waals surface area contributed by atoms with Gasteiger partial charge in [0, 0.05) is 5.69 Å². The van der Waals surface area contributed by atoms with Crippen LogP contribution in [0.15, 0.2) is 10.2 Å². The third kappa shape index (κ3) is 2.98. The maximum Gasteiger partial charge on any atom is 0.348 e. The molecule has 0 aliphatic carbocycles. The molecule has 1 aromatic heterocycles. The van der Waals surface area contributed by atoms with Gasteiger partial charge in [-0.1, -0.05) is 0 Å². The number of ether oxygens (including phenoxy) is 1. The zero-order valence-corrected chi connectivity index (χ0v) is 11.5. The molecule has 0 amide bonds. The highest BCUT2D eigenvalue weighted by molar-refractivity contribution is 9.10. The summed E-state index contributed by atoms with van der Waals surface area (Å²) in [5, 5.41) is 8.91. The highest BCUT2D eigenvalue weighted by atomic mass is 79.9. The number of carbonyl (C=O) groups is 1. The second-order valence-electron chi connectivity index (χ2n) is 3.49.